The van der Waals surface area contributed by atoms with Crippen molar-refractivity contribution in [1.29, 1.82) is 0 Å². The van der Waals surface area contributed by atoms with E-state index in [1.165, 1.54) is 6.07 Å². The zero-order valence-corrected chi connectivity index (χ0v) is 17.0. The van der Waals surface area contributed by atoms with Crippen molar-refractivity contribution in [2.75, 3.05) is 18.4 Å². The molecular weight excluding hydrogens is 385 g/mol. The predicted molar refractivity (Wildman–Crippen MR) is 111 cm³/mol. The average Bonchev–Trinajstić information content (AvgIpc) is 2.62. The molecule has 0 unspecified atom stereocenters. The molecule has 0 aliphatic heterocycles. The van der Waals surface area contributed by atoms with Gasteiger partial charge in [0, 0.05) is 24.3 Å². The van der Waals surface area contributed by atoms with Gasteiger partial charge in [0.15, 0.2) is 0 Å². The molecule has 0 bridgehead atoms. The van der Waals surface area contributed by atoms with Gasteiger partial charge in [-0.2, -0.15) is 0 Å². The van der Waals surface area contributed by atoms with E-state index in [0.29, 0.717) is 28.1 Å². The highest BCUT2D eigenvalue weighted by molar-refractivity contribution is 6.42. The molecule has 0 atom stereocenters. The normalized spacial score (nSPS) is 10.6. The molecule has 2 aromatic carbocycles. The maximum absolute atomic E-state index is 12.2. The number of aryl methyl sites for hydroxylation is 1. The van der Waals surface area contributed by atoms with E-state index in [2.05, 4.69) is 29.8 Å². The molecule has 0 heterocycles. The highest BCUT2D eigenvalue weighted by atomic mass is 35.5. The van der Waals surface area contributed by atoms with Crippen molar-refractivity contribution in [2.45, 2.75) is 26.7 Å². The van der Waals surface area contributed by atoms with Crippen LogP contribution in [0.4, 0.5) is 10.5 Å². The van der Waals surface area contributed by atoms with Gasteiger partial charge < -0.3 is 16.0 Å². The molecule has 0 spiro atoms. The van der Waals surface area contributed by atoms with Crippen molar-refractivity contribution in [3.63, 3.8) is 0 Å². The minimum absolute atomic E-state index is 0.281. The highest BCUT2D eigenvalue weighted by Crippen LogP contribution is 2.27. The van der Waals surface area contributed by atoms with Gasteiger partial charge in [-0.15, -0.1) is 0 Å². The fourth-order valence-corrected chi connectivity index (χ4v) is 2.89. The minimum Gasteiger partial charge on any atom is -0.350 e. The second-order valence-corrected chi connectivity index (χ2v) is 7.27. The van der Waals surface area contributed by atoms with E-state index in [4.69, 9.17) is 23.2 Å². The number of carbonyl (C=O) groups excluding carboxylic acids is 2. The van der Waals surface area contributed by atoms with Crippen LogP contribution in [0.2, 0.25) is 10.0 Å². The molecule has 3 N–H and O–H groups in total. The van der Waals surface area contributed by atoms with Crippen LogP contribution in [0.1, 0.15) is 41.3 Å². The third-order valence-corrected chi connectivity index (χ3v) is 4.78. The lowest BCUT2D eigenvalue weighted by atomic mass is 9.98. The topological polar surface area (TPSA) is 70.2 Å². The summed E-state index contributed by atoms with van der Waals surface area (Å²) in [6.07, 6.45) is 0. The number of benzene rings is 2. The van der Waals surface area contributed by atoms with Crippen molar-refractivity contribution >= 4 is 40.8 Å². The lowest BCUT2D eigenvalue weighted by Gasteiger charge is -2.17. The fraction of sp³-hybridized carbons (Fsp3) is 0.300. The molecule has 0 saturated heterocycles. The summed E-state index contributed by atoms with van der Waals surface area (Å²) in [5.74, 6) is 0.0162. The lowest BCUT2D eigenvalue weighted by molar-refractivity contribution is 0.0954. The van der Waals surface area contributed by atoms with E-state index < -0.39 is 0 Å². The van der Waals surface area contributed by atoms with Crippen molar-refractivity contribution in [3.05, 3.63) is 63.1 Å². The lowest BCUT2D eigenvalue weighted by Crippen LogP contribution is -2.37. The molecule has 27 heavy (non-hydrogen) atoms. The highest BCUT2D eigenvalue weighted by Gasteiger charge is 2.12. The molecule has 5 nitrogen and oxygen atoms in total. The van der Waals surface area contributed by atoms with Gasteiger partial charge in [-0.1, -0.05) is 55.2 Å². The van der Waals surface area contributed by atoms with Gasteiger partial charge in [-0.3, -0.25) is 4.79 Å². The van der Waals surface area contributed by atoms with Crippen LogP contribution < -0.4 is 16.0 Å². The first-order chi connectivity index (χ1) is 12.8. The number of rotatable bonds is 6. The van der Waals surface area contributed by atoms with E-state index >= 15 is 0 Å². The molecule has 2 aromatic rings. The number of anilines is 1. The predicted octanol–water partition coefficient (Wildman–Crippen LogP) is 4.98. The SMILES string of the molecule is Cc1cccc(C(C)C)c1NC(=O)NCCNC(=O)c1ccc(Cl)c(Cl)c1. The number of carbonyl (C=O) groups is 2. The van der Waals surface area contributed by atoms with Gasteiger partial charge in [0.1, 0.15) is 0 Å². The smallest absolute Gasteiger partial charge is 0.319 e. The number of urea groups is 1. The summed E-state index contributed by atoms with van der Waals surface area (Å²) in [4.78, 5) is 24.2. The number of nitrogens with one attached hydrogen (secondary N) is 3. The number of hydrogen-bond acceptors (Lipinski definition) is 2. The second-order valence-electron chi connectivity index (χ2n) is 6.46. The van der Waals surface area contributed by atoms with Crippen molar-refractivity contribution in [3.8, 4) is 0 Å². The van der Waals surface area contributed by atoms with Gasteiger partial charge in [-0.25, -0.2) is 4.79 Å². The maximum Gasteiger partial charge on any atom is 0.319 e. The molecular formula is C20H23Cl2N3O2. The third kappa shape index (κ3) is 5.88. The van der Waals surface area contributed by atoms with Crippen molar-refractivity contribution < 1.29 is 9.59 Å². The van der Waals surface area contributed by atoms with E-state index in [-0.39, 0.29) is 18.5 Å². The van der Waals surface area contributed by atoms with Crippen LogP contribution in [0.15, 0.2) is 36.4 Å². The number of halogens is 2. The Kier molecular flexibility index (Phi) is 7.51. The van der Waals surface area contributed by atoms with Crippen LogP contribution in [0.25, 0.3) is 0 Å². The first kappa shape index (κ1) is 21.1. The monoisotopic (exact) mass is 407 g/mol. The first-order valence-electron chi connectivity index (χ1n) is 8.67. The standard InChI is InChI=1S/C20H23Cl2N3O2/c1-12(2)15-6-4-5-13(3)18(15)25-20(27)24-10-9-23-19(26)14-7-8-16(21)17(22)11-14/h4-8,11-12H,9-10H2,1-3H3,(H,23,26)(H2,24,25,27). The van der Waals surface area contributed by atoms with E-state index in [0.717, 1.165) is 16.8 Å². The van der Waals surface area contributed by atoms with Crippen LogP contribution in [0, 0.1) is 6.92 Å². The summed E-state index contributed by atoms with van der Waals surface area (Å²) in [5.41, 5.74) is 3.32. The Morgan fingerprint density at radius 1 is 1.00 bits per heavy atom. The molecule has 0 fully saturated rings. The van der Waals surface area contributed by atoms with Crippen LogP contribution in [0.3, 0.4) is 0 Å². The Labute approximate surface area is 169 Å². The molecule has 0 aromatic heterocycles. The van der Waals surface area contributed by atoms with Gasteiger partial charge in [0.25, 0.3) is 5.91 Å². The Balaban J connectivity index is 1.83. The molecule has 2 rings (SSSR count). The van der Waals surface area contributed by atoms with Crippen LogP contribution in [-0.2, 0) is 0 Å². The van der Waals surface area contributed by atoms with Gasteiger partial charge in [0.05, 0.1) is 10.0 Å². The van der Waals surface area contributed by atoms with Crippen LogP contribution in [-0.4, -0.2) is 25.0 Å². The Hall–Kier alpha value is -2.24. The number of para-hydroxylation sites is 1. The number of amides is 3. The Morgan fingerprint density at radius 3 is 2.37 bits per heavy atom. The largest absolute Gasteiger partial charge is 0.350 e. The molecule has 144 valence electrons. The quantitative estimate of drug-likeness (QED) is 0.591. The molecule has 0 saturated carbocycles. The number of hydrogen-bond donors (Lipinski definition) is 3. The molecule has 3 amide bonds. The maximum atomic E-state index is 12.2. The van der Waals surface area contributed by atoms with Crippen LogP contribution in [0.5, 0.6) is 0 Å². The van der Waals surface area contributed by atoms with E-state index in [1.54, 1.807) is 12.1 Å². The summed E-state index contributed by atoms with van der Waals surface area (Å²) >= 11 is 11.7. The Morgan fingerprint density at radius 2 is 1.70 bits per heavy atom. The second kappa shape index (κ2) is 9.62. The van der Waals surface area contributed by atoms with Gasteiger partial charge in [0.2, 0.25) is 0 Å². The summed E-state index contributed by atoms with van der Waals surface area (Å²) < 4.78 is 0. The first-order valence-corrected chi connectivity index (χ1v) is 9.42. The Bertz CT molecular complexity index is 838. The summed E-state index contributed by atoms with van der Waals surface area (Å²) in [5, 5.41) is 9.07. The average molecular weight is 408 g/mol. The molecule has 0 radical (unpaired) electrons. The van der Waals surface area contributed by atoms with Crippen molar-refractivity contribution in [1.82, 2.24) is 10.6 Å². The zero-order valence-electron chi connectivity index (χ0n) is 15.5. The zero-order chi connectivity index (χ0) is 20.0. The summed E-state index contributed by atoms with van der Waals surface area (Å²) in [7, 11) is 0. The van der Waals surface area contributed by atoms with Gasteiger partial charge >= 0.3 is 6.03 Å². The third-order valence-electron chi connectivity index (χ3n) is 4.04. The fourth-order valence-electron chi connectivity index (χ4n) is 2.59. The van der Waals surface area contributed by atoms with Crippen molar-refractivity contribution in [2.24, 2.45) is 0 Å². The minimum atomic E-state index is -0.310. The summed E-state index contributed by atoms with van der Waals surface area (Å²) in [6.45, 7) is 6.70. The molecule has 0 aliphatic rings. The van der Waals surface area contributed by atoms with Crippen LogP contribution >= 0.6 is 23.2 Å². The van der Waals surface area contributed by atoms with Gasteiger partial charge in [-0.05, 0) is 42.2 Å². The molecule has 0 aliphatic carbocycles. The van der Waals surface area contributed by atoms with E-state index in [1.807, 2.05) is 25.1 Å². The summed E-state index contributed by atoms with van der Waals surface area (Å²) in [6, 6.07) is 10.3. The molecule has 7 heteroatoms. The van der Waals surface area contributed by atoms with E-state index in [9.17, 15) is 9.59 Å².